The van der Waals surface area contributed by atoms with Crippen LogP contribution in [0.5, 0.6) is 11.5 Å². The van der Waals surface area contributed by atoms with Crippen LogP contribution in [0.2, 0.25) is 0 Å². The standard InChI is InChI=1S/C27H27N3O2S/c1-2-25(33-27-20(18-28)17-19-9-5-3-8-12-24(19)30-27)26(31)29-21-13-15-23(16-14-21)32-22-10-6-4-7-11-22/h4,6-7,10-11,13-17,25H,2-3,5,8-9,12H2,1H3,(H,29,31). The number of rotatable bonds is 7. The van der Waals surface area contributed by atoms with Crippen LogP contribution < -0.4 is 10.1 Å². The second kappa shape index (κ2) is 11.0. The smallest absolute Gasteiger partial charge is 0.237 e. The Balaban J connectivity index is 1.43. The number of anilines is 1. The predicted octanol–water partition coefficient (Wildman–Crippen LogP) is 6.52. The molecule has 0 bridgehead atoms. The lowest BCUT2D eigenvalue weighted by molar-refractivity contribution is -0.115. The zero-order chi connectivity index (χ0) is 23.0. The Morgan fingerprint density at radius 2 is 1.82 bits per heavy atom. The van der Waals surface area contributed by atoms with Crippen molar-refractivity contribution >= 4 is 23.4 Å². The molecule has 0 saturated heterocycles. The number of ether oxygens (including phenoxy) is 1. The molecule has 1 aromatic heterocycles. The van der Waals surface area contributed by atoms with E-state index >= 15 is 0 Å². The summed E-state index contributed by atoms with van der Waals surface area (Å²) in [4.78, 5) is 17.8. The molecular weight excluding hydrogens is 430 g/mol. The number of amides is 1. The summed E-state index contributed by atoms with van der Waals surface area (Å²) in [5, 5.41) is 13.0. The highest BCUT2D eigenvalue weighted by molar-refractivity contribution is 8.00. The maximum Gasteiger partial charge on any atom is 0.237 e. The Kier molecular flexibility index (Phi) is 7.64. The van der Waals surface area contributed by atoms with Gasteiger partial charge in [0.15, 0.2) is 0 Å². The summed E-state index contributed by atoms with van der Waals surface area (Å²) in [6.07, 6.45) is 6.00. The first-order chi connectivity index (χ1) is 16.2. The molecule has 5 nitrogen and oxygen atoms in total. The van der Waals surface area contributed by atoms with Crippen LogP contribution in [0.25, 0.3) is 0 Å². The van der Waals surface area contributed by atoms with Crippen LogP contribution in [0, 0.1) is 11.3 Å². The number of hydrogen-bond acceptors (Lipinski definition) is 5. The fourth-order valence-corrected chi connectivity index (χ4v) is 4.87. The number of carbonyl (C=O) groups is 1. The van der Waals surface area contributed by atoms with Gasteiger partial charge in [0.25, 0.3) is 0 Å². The maximum atomic E-state index is 13.0. The van der Waals surface area contributed by atoms with Crippen molar-refractivity contribution in [3.63, 3.8) is 0 Å². The predicted molar refractivity (Wildman–Crippen MR) is 132 cm³/mol. The van der Waals surface area contributed by atoms with Crippen LogP contribution in [-0.4, -0.2) is 16.1 Å². The van der Waals surface area contributed by atoms with E-state index in [-0.39, 0.29) is 11.2 Å². The average Bonchev–Trinajstić information content (AvgIpc) is 3.08. The molecule has 1 heterocycles. The van der Waals surface area contributed by atoms with Crippen molar-refractivity contribution in [2.75, 3.05) is 5.32 Å². The molecule has 1 aliphatic carbocycles. The molecule has 4 rings (SSSR count). The molecular formula is C27H27N3O2S. The summed E-state index contributed by atoms with van der Waals surface area (Å²) >= 11 is 1.38. The van der Waals surface area contributed by atoms with E-state index in [2.05, 4.69) is 11.4 Å². The van der Waals surface area contributed by atoms with Gasteiger partial charge in [-0.15, -0.1) is 0 Å². The highest BCUT2D eigenvalue weighted by Gasteiger charge is 2.22. The lowest BCUT2D eigenvalue weighted by atomic mass is 10.1. The molecule has 2 aromatic carbocycles. The number of nitrogens with one attached hydrogen (secondary N) is 1. The van der Waals surface area contributed by atoms with E-state index in [1.54, 1.807) is 0 Å². The van der Waals surface area contributed by atoms with Gasteiger partial charge in [-0.05, 0) is 80.1 Å². The first-order valence-corrected chi connectivity index (χ1v) is 12.3. The van der Waals surface area contributed by atoms with Crippen LogP contribution >= 0.6 is 11.8 Å². The number of para-hydroxylation sites is 1. The summed E-state index contributed by atoms with van der Waals surface area (Å²) in [5.74, 6) is 1.37. The lowest BCUT2D eigenvalue weighted by Gasteiger charge is -2.16. The van der Waals surface area contributed by atoms with Gasteiger partial charge < -0.3 is 10.1 Å². The number of aromatic nitrogens is 1. The van der Waals surface area contributed by atoms with Crippen molar-refractivity contribution < 1.29 is 9.53 Å². The van der Waals surface area contributed by atoms with E-state index < -0.39 is 0 Å². The lowest BCUT2D eigenvalue weighted by Crippen LogP contribution is -2.24. The monoisotopic (exact) mass is 457 g/mol. The van der Waals surface area contributed by atoms with Crippen LogP contribution in [0.1, 0.15) is 49.4 Å². The summed E-state index contributed by atoms with van der Waals surface area (Å²) in [7, 11) is 0. The average molecular weight is 458 g/mol. The first-order valence-electron chi connectivity index (χ1n) is 11.4. The number of nitrogens with zero attached hydrogens (tertiary/aromatic N) is 2. The minimum atomic E-state index is -0.339. The quantitative estimate of drug-likeness (QED) is 0.323. The van der Waals surface area contributed by atoms with Gasteiger partial charge in [-0.3, -0.25) is 4.79 Å². The molecule has 0 aliphatic heterocycles. The van der Waals surface area contributed by atoms with Crippen molar-refractivity contribution in [2.45, 2.75) is 55.7 Å². The van der Waals surface area contributed by atoms with Gasteiger partial charge in [0.05, 0.1) is 10.8 Å². The summed E-state index contributed by atoms with van der Waals surface area (Å²) in [5.41, 5.74) is 3.53. The van der Waals surface area contributed by atoms with Crippen molar-refractivity contribution in [3.8, 4) is 17.6 Å². The second-order valence-corrected chi connectivity index (χ2v) is 9.25. The van der Waals surface area contributed by atoms with Gasteiger partial charge in [0.2, 0.25) is 5.91 Å². The van der Waals surface area contributed by atoms with Crippen molar-refractivity contribution in [3.05, 3.63) is 77.5 Å². The third-order valence-corrected chi connectivity index (χ3v) is 7.02. The number of hydrogen-bond donors (Lipinski definition) is 1. The highest BCUT2D eigenvalue weighted by Crippen LogP contribution is 2.31. The summed E-state index contributed by atoms with van der Waals surface area (Å²) < 4.78 is 5.81. The molecule has 0 saturated carbocycles. The molecule has 1 unspecified atom stereocenters. The Morgan fingerprint density at radius 1 is 1.09 bits per heavy atom. The van der Waals surface area contributed by atoms with Crippen LogP contribution in [-0.2, 0) is 17.6 Å². The molecule has 1 atom stereocenters. The SMILES string of the molecule is CCC(Sc1nc2c(cc1C#N)CCCCC2)C(=O)Nc1ccc(Oc2ccccc2)cc1. The van der Waals surface area contributed by atoms with Gasteiger partial charge >= 0.3 is 0 Å². The summed E-state index contributed by atoms with van der Waals surface area (Å²) in [6, 6.07) is 21.1. The van der Waals surface area contributed by atoms with Crippen LogP contribution in [0.3, 0.4) is 0 Å². The molecule has 6 heteroatoms. The minimum absolute atomic E-state index is 0.0974. The third kappa shape index (κ3) is 5.94. The van der Waals surface area contributed by atoms with E-state index in [4.69, 9.17) is 9.72 Å². The minimum Gasteiger partial charge on any atom is -0.457 e. The molecule has 0 fully saturated rings. The molecule has 0 radical (unpaired) electrons. The Labute approximate surface area is 199 Å². The molecule has 1 amide bonds. The molecule has 33 heavy (non-hydrogen) atoms. The zero-order valence-electron chi connectivity index (χ0n) is 18.7. The number of nitriles is 1. The van der Waals surface area contributed by atoms with E-state index in [0.29, 0.717) is 28.4 Å². The fourth-order valence-electron chi connectivity index (χ4n) is 3.87. The largest absolute Gasteiger partial charge is 0.457 e. The van der Waals surface area contributed by atoms with Gasteiger partial charge in [-0.2, -0.15) is 5.26 Å². The van der Waals surface area contributed by atoms with Crippen molar-refractivity contribution in [1.29, 1.82) is 5.26 Å². The summed E-state index contributed by atoms with van der Waals surface area (Å²) in [6.45, 7) is 1.98. The van der Waals surface area contributed by atoms with E-state index in [1.165, 1.54) is 23.7 Å². The van der Waals surface area contributed by atoms with E-state index in [9.17, 15) is 10.1 Å². The molecule has 1 N–H and O–H groups in total. The van der Waals surface area contributed by atoms with Gasteiger partial charge in [0.1, 0.15) is 22.6 Å². The Hall–Kier alpha value is -3.30. The zero-order valence-corrected chi connectivity index (χ0v) is 19.5. The third-order valence-electron chi connectivity index (χ3n) is 5.65. The maximum absolute atomic E-state index is 13.0. The van der Waals surface area contributed by atoms with Crippen LogP contribution in [0.15, 0.2) is 65.7 Å². The van der Waals surface area contributed by atoms with Gasteiger partial charge in [-0.25, -0.2) is 4.98 Å². The molecule has 168 valence electrons. The second-order valence-electron chi connectivity index (χ2n) is 8.06. The number of fused-ring (bicyclic) bond motifs is 1. The van der Waals surface area contributed by atoms with Crippen molar-refractivity contribution in [2.24, 2.45) is 0 Å². The van der Waals surface area contributed by atoms with Gasteiger partial charge in [0, 0.05) is 11.4 Å². The molecule has 0 spiro atoms. The number of thioether (sulfide) groups is 1. The van der Waals surface area contributed by atoms with E-state index in [0.717, 1.165) is 37.1 Å². The first kappa shape index (κ1) is 22.9. The fraction of sp³-hybridized carbons (Fsp3) is 0.296. The highest BCUT2D eigenvalue weighted by atomic mass is 32.2. The Morgan fingerprint density at radius 3 is 2.55 bits per heavy atom. The number of benzene rings is 2. The number of pyridine rings is 1. The topological polar surface area (TPSA) is 75.0 Å². The normalized spacial score (nSPS) is 13.8. The van der Waals surface area contributed by atoms with Crippen LogP contribution in [0.4, 0.5) is 5.69 Å². The molecule has 3 aromatic rings. The number of aryl methyl sites for hydroxylation is 2. The molecule has 1 aliphatic rings. The Bertz CT molecular complexity index is 1140. The van der Waals surface area contributed by atoms with E-state index in [1.807, 2.05) is 67.6 Å². The number of carbonyl (C=O) groups excluding carboxylic acids is 1. The van der Waals surface area contributed by atoms with Gasteiger partial charge in [-0.1, -0.05) is 43.3 Å². The van der Waals surface area contributed by atoms with Crippen molar-refractivity contribution in [1.82, 2.24) is 4.98 Å².